The molecule has 0 atom stereocenters. The highest BCUT2D eigenvalue weighted by atomic mass is 15.0. The lowest BCUT2D eigenvalue weighted by atomic mass is 9.85. The van der Waals surface area contributed by atoms with E-state index in [9.17, 15) is 0 Å². The van der Waals surface area contributed by atoms with E-state index in [1.54, 1.807) is 0 Å². The van der Waals surface area contributed by atoms with Crippen LogP contribution in [0.25, 0.3) is 71.5 Å². The molecule has 0 unspecified atom stereocenters. The molecule has 0 radical (unpaired) electrons. The molecule has 0 aliphatic heterocycles. The van der Waals surface area contributed by atoms with Gasteiger partial charge in [-0.3, -0.25) is 0 Å². The summed E-state index contributed by atoms with van der Waals surface area (Å²) in [4.78, 5) is 4.88. The molecule has 0 N–H and O–H groups in total. The molecule has 6 aromatic carbocycles. The van der Waals surface area contributed by atoms with E-state index in [4.69, 9.17) is 4.98 Å². The van der Waals surface area contributed by atoms with Crippen LogP contribution < -0.4 is 0 Å². The van der Waals surface area contributed by atoms with Gasteiger partial charge in [0.05, 0.1) is 5.69 Å². The van der Waals surface area contributed by atoms with Crippen LogP contribution in [0, 0.1) is 0 Å². The summed E-state index contributed by atoms with van der Waals surface area (Å²) >= 11 is 0. The van der Waals surface area contributed by atoms with Gasteiger partial charge in [-0.15, -0.1) is 0 Å². The Kier molecular flexibility index (Phi) is 4.86. The average Bonchev–Trinajstić information content (AvgIpc) is 3.44. The van der Waals surface area contributed by atoms with Gasteiger partial charge in [-0.2, -0.15) is 0 Å². The third kappa shape index (κ3) is 3.53. The standard InChI is InChI=1S/C37H24N2/c1-2-11-26-22-29(20-19-25(26)10-1)37-32-16-5-3-14-30(32)36(31-15-4-6-17-33(31)37)28-13-9-12-27(23-28)34-24-39-21-8-7-18-35(39)38-34/h1-24H. The molecule has 182 valence electrons. The summed E-state index contributed by atoms with van der Waals surface area (Å²) in [6.45, 7) is 0. The summed E-state index contributed by atoms with van der Waals surface area (Å²) < 4.78 is 2.07. The molecule has 2 aromatic heterocycles. The van der Waals surface area contributed by atoms with Crippen LogP contribution in [0.1, 0.15) is 0 Å². The number of hydrogen-bond acceptors (Lipinski definition) is 1. The van der Waals surface area contributed by atoms with E-state index in [1.807, 2.05) is 24.4 Å². The Morgan fingerprint density at radius 2 is 1.03 bits per heavy atom. The Balaban J connectivity index is 1.40. The fourth-order valence-electron chi connectivity index (χ4n) is 6.00. The topological polar surface area (TPSA) is 17.3 Å². The predicted octanol–water partition coefficient (Wildman–Crippen LogP) is 9.79. The second-order valence-corrected chi connectivity index (χ2v) is 10.1. The van der Waals surface area contributed by atoms with Crippen molar-refractivity contribution in [2.24, 2.45) is 0 Å². The predicted molar refractivity (Wildman–Crippen MR) is 164 cm³/mol. The second-order valence-electron chi connectivity index (χ2n) is 10.1. The van der Waals surface area contributed by atoms with Crippen molar-refractivity contribution < 1.29 is 0 Å². The Bertz CT molecular complexity index is 2090. The molecule has 0 aliphatic carbocycles. The molecule has 0 bridgehead atoms. The number of fused-ring (bicyclic) bond motifs is 4. The number of benzene rings is 6. The lowest BCUT2D eigenvalue weighted by Crippen LogP contribution is -1.91. The van der Waals surface area contributed by atoms with Crippen molar-refractivity contribution in [2.75, 3.05) is 0 Å². The van der Waals surface area contributed by atoms with Crippen molar-refractivity contribution in [3.05, 3.63) is 146 Å². The molecule has 0 fully saturated rings. The van der Waals surface area contributed by atoms with E-state index in [0.29, 0.717) is 0 Å². The molecule has 0 spiro atoms. The molecule has 2 nitrogen and oxygen atoms in total. The maximum atomic E-state index is 4.88. The second kappa shape index (κ2) is 8.68. The lowest BCUT2D eigenvalue weighted by molar-refractivity contribution is 1.19. The van der Waals surface area contributed by atoms with Gasteiger partial charge >= 0.3 is 0 Å². The van der Waals surface area contributed by atoms with Crippen LogP contribution >= 0.6 is 0 Å². The number of hydrogen-bond donors (Lipinski definition) is 0. The largest absolute Gasteiger partial charge is 0.306 e. The molecule has 39 heavy (non-hydrogen) atoms. The number of aromatic nitrogens is 2. The maximum absolute atomic E-state index is 4.88. The highest BCUT2D eigenvalue weighted by Crippen LogP contribution is 2.44. The van der Waals surface area contributed by atoms with Crippen molar-refractivity contribution >= 4 is 38.0 Å². The van der Waals surface area contributed by atoms with Gasteiger partial charge in [-0.1, -0.05) is 109 Å². The molecular formula is C37H24N2. The highest BCUT2D eigenvalue weighted by molar-refractivity contribution is 6.21. The van der Waals surface area contributed by atoms with E-state index >= 15 is 0 Å². The summed E-state index contributed by atoms with van der Waals surface area (Å²) in [5.74, 6) is 0. The van der Waals surface area contributed by atoms with Gasteiger partial charge < -0.3 is 4.40 Å². The fraction of sp³-hybridized carbons (Fsp3) is 0. The SMILES string of the molecule is c1cc(-c2cn3ccccc3n2)cc(-c2c3ccccc3c(-c3ccc4ccccc4c3)c3ccccc23)c1. The minimum atomic E-state index is 0.952. The third-order valence-electron chi connectivity index (χ3n) is 7.78. The van der Waals surface area contributed by atoms with E-state index < -0.39 is 0 Å². The van der Waals surface area contributed by atoms with Crippen LogP contribution in [-0.4, -0.2) is 9.38 Å². The zero-order valence-corrected chi connectivity index (χ0v) is 21.3. The average molecular weight is 497 g/mol. The quantitative estimate of drug-likeness (QED) is 0.223. The van der Waals surface area contributed by atoms with Gasteiger partial charge in [-0.25, -0.2) is 4.98 Å². The molecular weight excluding hydrogens is 472 g/mol. The van der Waals surface area contributed by atoms with Crippen LogP contribution in [-0.2, 0) is 0 Å². The summed E-state index contributed by atoms with van der Waals surface area (Å²) in [6.07, 6.45) is 4.15. The van der Waals surface area contributed by atoms with Gasteiger partial charge in [0.25, 0.3) is 0 Å². The van der Waals surface area contributed by atoms with E-state index in [1.165, 1.54) is 54.6 Å². The van der Waals surface area contributed by atoms with Crippen LogP contribution in [0.3, 0.4) is 0 Å². The van der Waals surface area contributed by atoms with E-state index in [2.05, 4.69) is 126 Å². The first kappa shape index (κ1) is 21.8. The summed E-state index contributed by atoms with van der Waals surface area (Å²) in [5.41, 5.74) is 8.03. The van der Waals surface area contributed by atoms with Gasteiger partial charge in [0.2, 0.25) is 0 Å². The van der Waals surface area contributed by atoms with Crippen molar-refractivity contribution in [3.8, 4) is 33.5 Å². The van der Waals surface area contributed by atoms with Crippen LogP contribution in [0.4, 0.5) is 0 Å². The smallest absolute Gasteiger partial charge is 0.137 e. The first-order valence-corrected chi connectivity index (χ1v) is 13.3. The summed E-state index contributed by atoms with van der Waals surface area (Å²) in [5, 5.41) is 7.56. The Morgan fingerprint density at radius 1 is 0.436 bits per heavy atom. The molecule has 8 aromatic rings. The molecule has 0 saturated heterocycles. The van der Waals surface area contributed by atoms with Crippen molar-refractivity contribution in [1.82, 2.24) is 9.38 Å². The Morgan fingerprint density at radius 3 is 1.72 bits per heavy atom. The molecule has 2 heterocycles. The molecule has 8 rings (SSSR count). The first-order chi connectivity index (χ1) is 19.3. The van der Waals surface area contributed by atoms with Gasteiger partial charge in [0.15, 0.2) is 0 Å². The maximum Gasteiger partial charge on any atom is 0.137 e. The van der Waals surface area contributed by atoms with Crippen molar-refractivity contribution in [3.63, 3.8) is 0 Å². The molecule has 0 amide bonds. The van der Waals surface area contributed by atoms with Crippen molar-refractivity contribution in [2.45, 2.75) is 0 Å². The minimum absolute atomic E-state index is 0.952. The fourth-order valence-corrected chi connectivity index (χ4v) is 6.00. The number of pyridine rings is 1. The number of imidazole rings is 1. The summed E-state index contributed by atoms with van der Waals surface area (Å²) in [6, 6.07) is 48.0. The first-order valence-electron chi connectivity index (χ1n) is 13.3. The van der Waals surface area contributed by atoms with Crippen LogP contribution in [0.5, 0.6) is 0 Å². The Labute approximate surface area is 226 Å². The van der Waals surface area contributed by atoms with E-state index in [-0.39, 0.29) is 0 Å². The third-order valence-corrected chi connectivity index (χ3v) is 7.78. The molecule has 0 saturated carbocycles. The van der Waals surface area contributed by atoms with E-state index in [0.717, 1.165) is 16.9 Å². The van der Waals surface area contributed by atoms with Gasteiger partial charge in [0, 0.05) is 18.0 Å². The lowest BCUT2D eigenvalue weighted by Gasteiger charge is -2.18. The van der Waals surface area contributed by atoms with Crippen LogP contribution in [0.15, 0.2) is 146 Å². The normalized spacial score (nSPS) is 11.6. The van der Waals surface area contributed by atoms with Crippen LogP contribution in [0.2, 0.25) is 0 Å². The zero-order chi connectivity index (χ0) is 25.8. The number of nitrogens with zero attached hydrogens (tertiary/aromatic N) is 2. The minimum Gasteiger partial charge on any atom is -0.306 e. The van der Waals surface area contributed by atoms with Gasteiger partial charge in [-0.05, 0) is 78.8 Å². The molecule has 2 heteroatoms. The zero-order valence-electron chi connectivity index (χ0n) is 21.3. The monoisotopic (exact) mass is 496 g/mol. The Hall–Kier alpha value is -5.21. The number of rotatable bonds is 3. The summed E-state index contributed by atoms with van der Waals surface area (Å²) in [7, 11) is 0. The highest BCUT2D eigenvalue weighted by Gasteiger charge is 2.17. The van der Waals surface area contributed by atoms with Gasteiger partial charge in [0.1, 0.15) is 5.65 Å². The molecule has 0 aliphatic rings. The van der Waals surface area contributed by atoms with Crippen molar-refractivity contribution in [1.29, 1.82) is 0 Å².